The second-order valence-corrected chi connectivity index (χ2v) is 5.84. The molecule has 1 aliphatic carbocycles. The third-order valence-electron chi connectivity index (χ3n) is 4.12. The minimum absolute atomic E-state index is 0.0361. The SMILES string of the molecule is CN1C[C@@H](NC(=O)NC2CCCCCCC2)CC1=O. The van der Waals surface area contributed by atoms with E-state index in [1.807, 2.05) is 0 Å². The predicted octanol–water partition coefficient (Wildman–Crippen LogP) is 1.63. The second-order valence-electron chi connectivity index (χ2n) is 5.84. The molecule has 2 fully saturated rings. The molecule has 0 radical (unpaired) electrons. The third kappa shape index (κ3) is 4.40. The summed E-state index contributed by atoms with van der Waals surface area (Å²) < 4.78 is 0. The molecule has 0 unspecified atom stereocenters. The maximum absolute atomic E-state index is 11.9. The Morgan fingerprint density at radius 3 is 2.21 bits per heavy atom. The van der Waals surface area contributed by atoms with Crippen molar-refractivity contribution in [1.29, 1.82) is 0 Å². The van der Waals surface area contributed by atoms with Gasteiger partial charge in [0.1, 0.15) is 0 Å². The molecule has 2 rings (SSSR count). The summed E-state index contributed by atoms with van der Waals surface area (Å²) in [5.74, 6) is 0.108. The van der Waals surface area contributed by atoms with E-state index in [1.165, 1.54) is 32.1 Å². The lowest BCUT2D eigenvalue weighted by Gasteiger charge is -2.22. The van der Waals surface area contributed by atoms with Gasteiger partial charge in [0.15, 0.2) is 0 Å². The van der Waals surface area contributed by atoms with E-state index in [1.54, 1.807) is 11.9 Å². The van der Waals surface area contributed by atoms with Gasteiger partial charge in [-0.2, -0.15) is 0 Å². The average Bonchev–Trinajstić information content (AvgIpc) is 2.61. The lowest BCUT2D eigenvalue weighted by Crippen LogP contribution is -2.47. The Labute approximate surface area is 115 Å². The van der Waals surface area contributed by atoms with Crippen LogP contribution >= 0.6 is 0 Å². The van der Waals surface area contributed by atoms with E-state index in [4.69, 9.17) is 0 Å². The second kappa shape index (κ2) is 6.78. The molecule has 5 heteroatoms. The molecule has 2 N–H and O–H groups in total. The molecule has 0 spiro atoms. The van der Waals surface area contributed by atoms with Crippen molar-refractivity contribution in [3.05, 3.63) is 0 Å². The summed E-state index contributed by atoms with van der Waals surface area (Å²) in [5.41, 5.74) is 0. The van der Waals surface area contributed by atoms with Gasteiger partial charge < -0.3 is 15.5 Å². The molecule has 1 aliphatic heterocycles. The first-order valence-electron chi connectivity index (χ1n) is 7.46. The zero-order valence-electron chi connectivity index (χ0n) is 11.8. The summed E-state index contributed by atoms with van der Waals surface area (Å²) in [5, 5.41) is 5.97. The standard InChI is InChI=1S/C14H25N3O2/c1-17-10-12(9-13(17)18)16-14(19)15-11-7-5-3-2-4-6-8-11/h11-12H,2-10H2,1H3,(H2,15,16,19)/t12-/m0/s1. The monoisotopic (exact) mass is 267 g/mol. The van der Waals surface area contributed by atoms with Crippen LogP contribution < -0.4 is 10.6 Å². The molecule has 3 amide bonds. The molecule has 1 saturated heterocycles. The van der Waals surface area contributed by atoms with Crippen molar-refractivity contribution in [2.75, 3.05) is 13.6 Å². The molecular weight excluding hydrogens is 242 g/mol. The van der Waals surface area contributed by atoms with E-state index < -0.39 is 0 Å². The molecule has 5 nitrogen and oxygen atoms in total. The highest BCUT2D eigenvalue weighted by molar-refractivity contribution is 5.81. The normalized spacial score (nSPS) is 25.8. The van der Waals surface area contributed by atoms with Crippen molar-refractivity contribution < 1.29 is 9.59 Å². The van der Waals surface area contributed by atoms with Gasteiger partial charge in [0.25, 0.3) is 0 Å². The lowest BCUT2D eigenvalue weighted by molar-refractivity contribution is -0.126. The molecule has 2 aliphatic rings. The van der Waals surface area contributed by atoms with Crippen LogP contribution in [0.15, 0.2) is 0 Å². The van der Waals surface area contributed by atoms with E-state index in [0.717, 1.165) is 12.8 Å². The smallest absolute Gasteiger partial charge is 0.315 e. The fourth-order valence-corrected chi connectivity index (χ4v) is 2.97. The number of hydrogen-bond acceptors (Lipinski definition) is 2. The number of carbonyl (C=O) groups excluding carboxylic acids is 2. The van der Waals surface area contributed by atoms with Crippen LogP contribution in [0.5, 0.6) is 0 Å². The van der Waals surface area contributed by atoms with Crippen LogP contribution in [-0.4, -0.2) is 42.5 Å². The van der Waals surface area contributed by atoms with E-state index in [-0.39, 0.29) is 18.0 Å². The molecule has 108 valence electrons. The highest BCUT2D eigenvalue weighted by atomic mass is 16.2. The quantitative estimate of drug-likeness (QED) is 0.799. The number of amides is 3. The summed E-state index contributed by atoms with van der Waals surface area (Å²) in [6.07, 6.45) is 8.88. The zero-order valence-corrected chi connectivity index (χ0v) is 11.8. The van der Waals surface area contributed by atoms with E-state index in [0.29, 0.717) is 19.0 Å². The minimum Gasteiger partial charge on any atom is -0.344 e. The van der Waals surface area contributed by atoms with Crippen LogP contribution in [0.4, 0.5) is 4.79 Å². The number of nitrogens with one attached hydrogen (secondary N) is 2. The van der Waals surface area contributed by atoms with Crippen molar-refractivity contribution in [3.8, 4) is 0 Å². The summed E-state index contributed by atoms with van der Waals surface area (Å²) >= 11 is 0. The molecule has 0 bridgehead atoms. The Morgan fingerprint density at radius 1 is 1.05 bits per heavy atom. The van der Waals surface area contributed by atoms with Gasteiger partial charge >= 0.3 is 6.03 Å². The number of likely N-dealkylation sites (N-methyl/N-ethyl adjacent to an activating group) is 1. The van der Waals surface area contributed by atoms with Crippen LogP contribution in [0.25, 0.3) is 0 Å². The fourth-order valence-electron chi connectivity index (χ4n) is 2.97. The number of hydrogen-bond donors (Lipinski definition) is 2. The van der Waals surface area contributed by atoms with Gasteiger partial charge in [0.05, 0.1) is 6.04 Å². The molecule has 1 heterocycles. The number of rotatable bonds is 2. The number of urea groups is 1. The highest BCUT2D eigenvalue weighted by Crippen LogP contribution is 2.17. The maximum Gasteiger partial charge on any atom is 0.315 e. The Kier molecular flexibility index (Phi) is 5.05. The predicted molar refractivity (Wildman–Crippen MR) is 73.8 cm³/mol. The van der Waals surface area contributed by atoms with Crippen LogP contribution in [0.2, 0.25) is 0 Å². The first kappa shape index (κ1) is 14.2. The molecule has 1 atom stereocenters. The topological polar surface area (TPSA) is 61.4 Å². The van der Waals surface area contributed by atoms with Crippen molar-refractivity contribution >= 4 is 11.9 Å². The number of likely N-dealkylation sites (tertiary alicyclic amines) is 1. The Hall–Kier alpha value is -1.26. The Balaban J connectivity index is 1.72. The van der Waals surface area contributed by atoms with Gasteiger partial charge in [-0.25, -0.2) is 4.79 Å². The largest absolute Gasteiger partial charge is 0.344 e. The maximum atomic E-state index is 11.9. The van der Waals surface area contributed by atoms with E-state index in [2.05, 4.69) is 10.6 Å². The van der Waals surface area contributed by atoms with Crippen molar-refractivity contribution in [3.63, 3.8) is 0 Å². The number of nitrogens with zero attached hydrogens (tertiary/aromatic N) is 1. The van der Waals surface area contributed by atoms with Crippen LogP contribution in [0.3, 0.4) is 0 Å². The van der Waals surface area contributed by atoms with E-state index in [9.17, 15) is 9.59 Å². The van der Waals surface area contributed by atoms with Crippen molar-refractivity contribution in [1.82, 2.24) is 15.5 Å². The summed E-state index contributed by atoms with van der Waals surface area (Å²) in [6.45, 7) is 0.622. The van der Waals surface area contributed by atoms with Crippen molar-refractivity contribution in [2.24, 2.45) is 0 Å². The molecule has 0 aromatic rings. The highest BCUT2D eigenvalue weighted by Gasteiger charge is 2.28. The van der Waals surface area contributed by atoms with E-state index >= 15 is 0 Å². The first-order valence-corrected chi connectivity index (χ1v) is 7.46. The molecule has 1 saturated carbocycles. The van der Waals surface area contributed by atoms with Gasteiger partial charge in [-0.15, -0.1) is 0 Å². The van der Waals surface area contributed by atoms with Gasteiger partial charge in [0, 0.05) is 26.1 Å². The lowest BCUT2D eigenvalue weighted by atomic mass is 9.97. The summed E-state index contributed by atoms with van der Waals surface area (Å²) in [6, 6.07) is 0.153. The third-order valence-corrected chi connectivity index (χ3v) is 4.12. The van der Waals surface area contributed by atoms with Crippen LogP contribution in [-0.2, 0) is 4.79 Å². The van der Waals surface area contributed by atoms with Gasteiger partial charge in [-0.1, -0.05) is 32.1 Å². The van der Waals surface area contributed by atoms with Gasteiger partial charge in [-0.05, 0) is 12.8 Å². The van der Waals surface area contributed by atoms with Crippen LogP contribution in [0.1, 0.15) is 51.4 Å². The molecule has 0 aromatic carbocycles. The fraction of sp³-hybridized carbons (Fsp3) is 0.857. The zero-order chi connectivity index (χ0) is 13.7. The number of carbonyl (C=O) groups is 2. The molecule has 0 aromatic heterocycles. The summed E-state index contributed by atoms with van der Waals surface area (Å²) in [7, 11) is 1.77. The molecule has 19 heavy (non-hydrogen) atoms. The molecular formula is C14H25N3O2. The average molecular weight is 267 g/mol. The minimum atomic E-state index is -0.112. The van der Waals surface area contributed by atoms with Crippen LogP contribution in [0, 0.1) is 0 Å². The van der Waals surface area contributed by atoms with Gasteiger partial charge in [0.2, 0.25) is 5.91 Å². The summed E-state index contributed by atoms with van der Waals surface area (Å²) in [4.78, 5) is 25.0. The Morgan fingerprint density at radius 2 is 1.63 bits per heavy atom. The van der Waals surface area contributed by atoms with Gasteiger partial charge in [-0.3, -0.25) is 4.79 Å². The van der Waals surface area contributed by atoms with Crippen molar-refractivity contribution in [2.45, 2.75) is 63.5 Å². The first-order chi connectivity index (χ1) is 9.15. The Bertz CT molecular complexity index is 325.